The van der Waals surface area contributed by atoms with Crippen LogP contribution >= 0.6 is 11.6 Å². The molecule has 0 aromatic heterocycles. The molecule has 1 aliphatic rings. The van der Waals surface area contributed by atoms with Crippen LogP contribution in [0.5, 0.6) is 0 Å². The van der Waals surface area contributed by atoms with Gasteiger partial charge in [-0.3, -0.25) is 4.79 Å². The van der Waals surface area contributed by atoms with Crippen LogP contribution in [0.4, 0.5) is 0 Å². The van der Waals surface area contributed by atoms with Crippen LogP contribution in [0.3, 0.4) is 0 Å². The van der Waals surface area contributed by atoms with Gasteiger partial charge < -0.3 is 10.6 Å². The maximum Gasteiger partial charge on any atom is 0.224 e. The third-order valence-electron chi connectivity index (χ3n) is 2.84. The molecule has 1 aromatic rings. The van der Waals surface area contributed by atoms with Crippen LogP contribution in [-0.4, -0.2) is 23.9 Å². The summed E-state index contributed by atoms with van der Waals surface area (Å²) in [5.74, 6) is 0.0995. The van der Waals surface area contributed by atoms with Gasteiger partial charge in [0.05, 0.1) is 6.04 Å². The molecule has 0 saturated carbocycles. The second-order valence-electron chi connectivity index (χ2n) is 3.87. The van der Waals surface area contributed by atoms with Crippen LogP contribution < -0.4 is 5.73 Å². The molecule has 0 bridgehead atoms. The predicted octanol–water partition coefficient (Wildman–Crippen LogP) is 1.57. The first kappa shape index (κ1) is 10.5. The third-order valence-corrected chi connectivity index (χ3v) is 3.09. The Morgan fingerprint density at radius 3 is 2.47 bits per heavy atom. The van der Waals surface area contributed by atoms with Crippen LogP contribution in [0.1, 0.15) is 18.0 Å². The van der Waals surface area contributed by atoms with Crippen LogP contribution in [0.25, 0.3) is 0 Å². The first-order chi connectivity index (χ1) is 7.09. The van der Waals surface area contributed by atoms with Crippen LogP contribution in [-0.2, 0) is 4.79 Å². The number of nitrogens with two attached hydrogens (primary N) is 1. The van der Waals surface area contributed by atoms with Gasteiger partial charge in [-0.1, -0.05) is 23.7 Å². The van der Waals surface area contributed by atoms with E-state index in [0.29, 0.717) is 11.4 Å². The number of halogens is 1. The molecule has 1 amide bonds. The minimum absolute atomic E-state index is 0.0187. The van der Waals surface area contributed by atoms with Gasteiger partial charge in [-0.25, -0.2) is 0 Å². The minimum atomic E-state index is -0.122. The standard InChI is InChI=1S/C11H13ClN2O/c1-14-10(15)6-9(13)11(14)7-2-4-8(12)5-3-7/h2-5,9,11H,6,13H2,1H3/t9-,11-/m1/s1. The van der Waals surface area contributed by atoms with Gasteiger partial charge in [0.1, 0.15) is 0 Å². The average molecular weight is 225 g/mol. The van der Waals surface area contributed by atoms with Gasteiger partial charge in [-0.05, 0) is 17.7 Å². The highest BCUT2D eigenvalue weighted by atomic mass is 35.5. The highest BCUT2D eigenvalue weighted by Crippen LogP contribution is 2.30. The van der Waals surface area contributed by atoms with E-state index < -0.39 is 0 Å². The molecular formula is C11H13ClN2O. The fraction of sp³-hybridized carbons (Fsp3) is 0.364. The topological polar surface area (TPSA) is 46.3 Å². The summed E-state index contributed by atoms with van der Waals surface area (Å²) in [4.78, 5) is 13.2. The molecule has 1 fully saturated rings. The molecule has 4 heteroatoms. The Bertz CT molecular complexity index is 377. The number of likely N-dealkylation sites (N-methyl/N-ethyl adjacent to an activating group) is 1. The third kappa shape index (κ3) is 1.85. The molecule has 80 valence electrons. The van der Waals surface area contributed by atoms with Gasteiger partial charge in [-0.2, -0.15) is 0 Å². The smallest absolute Gasteiger partial charge is 0.224 e. The Hall–Kier alpha value is -1.06. The molecule has 1 aromatic carbocycles. The van der Waals surface area contributed by atoms with Crippen molar-refractivity contribution in [2.24, 2.45) is 5.73 Å². The summed E-state index contributed by atoms with van der Waals surface area (Å²) in [7, 11) is 1.79. The van der Waals surface area contributed by atoms with Crippen molar-refractivity contribution in [1.29, 1.82) is 0 Å². The van der Waals surface area contributed by atoms with Crippen molar-refractivity contribution in [1.82, 2.24) is 4.90 Å². The summed E-state index contributed by atoms with van der Waals surface area (Å²) in [6.07, 6.45) is 0.420. The fourth-order valence-electron chi connectivity index (χ4n) is 2.03. The predicted molar refractivity (Wildman–Crippen MR) is 59.6 cm³/mol. The molecule has 1 heterocycles. The van der Waals surface area contributed by atoms with E-state index in [9.17, 15) is 4.79 Å². The number of rotatable bonds is 1. The van der Waals surface area contributed by atoms with E-state index in [2.05, 4.69) is 0 Å². The number of carbonyl (C=O) groups is 1. The summed E-state index contributed by atoms with van der Waals surface area (Å²) < 4.78 is 0. The molecule has 2 rings (SSSR count). The lowest BCUT2D eigenvalue weighted by Crippen LogP contribution is -2.30. The lowest BCUT2D eigenvalue weighted by Gasteiger charge is -2.23. The van der Waals surface area contributed by atoms with Crippen molar-refractivity contribution in [3.63, 3.8) is 0 Å². The van der Waals surface area contributed by atoms with E-state index in [1.165, 1.54) is 0 Å². The van der Waals surface area contributed by atoms with E-state index in [0.717, 1.165) is 5.56 Å². The zero-order chi connectivity index (χ0) is 11.0. The molecular weight excluding hydrogens is 212 g/mol. The zero-order valence-electron chi connectivity index (χ0n) is 8.48. The van der Waals surface area contributed by atoms with Crippen molar-refractivity contribution in [3.05, 3.63) is 34.9 Å². The van der Waals surface area contributed by atoms with E-state index in [1.807, 2.05) is 24.3 Å². The molecule has 3 nitrogen and oxygen atoms in total. The highest BCUT2D eigenvalue weighted by Gasteiger charge is 2.35. The second-order valence-corrected chi connectivity index (χ2v) is 4.31. The van der Waals surface area contributed by atoms with Crippen molar-refractivity contribution in [2.75, 3.05) is 7.05 Å². The molecule has 15 heavy (non-hydrogen) atoms. The van der Waals surface area contributed by atoms with Crippen LogP contribution in [0, 0.1) is 0 Å². The van der Waals surface area contributed by atoms with Gasteiger partial charge >= 0.3 is 0 Å². The Balaban J connectivity index is 2.30. The summed E-state index contributed by atoms with van der Waals surface area (Å²) >= 11 is 5.81. The molecule has 1 aliphatic heterocycles. The number of carbonyl (C=O) groups excluding carboxylic acids is 1. The average Bonchev–Trinajstić information content (AvgIpc) is 2.44. The first-order valence-electron chi connectivity index (χ1n) is 4.86. The van der Waals surface area contributed by atoms with Crippen molar-refractivity contribution < 1.29 is 4.79 Å². The lowest BCUT2D eigenvalue weighted by atomic mass is 10.0. The summed E-state index contributed by atoms with van der Waals surface area (Å²) in [5, 5.41) is 0.694. The van der Waals surface area contributed by atoms with Crippen LogP contribution in [0.2, 0.25) is 5.02 Å². The van der Waals surface area contributed by atoms with E-state index in [-0.39, 0.29) is 18.0 Å². The Labute approximate surface area is 93.8 Å². The highest BCUT2D eigenvalue weighted by molar-refractivity contribution is 6.30. The molecule has 2 N–H and O–H groups in total. The zero-order valence-corrected chi connectivity index (χ0v) is 9.24. The van der Waals surface area contributed by atoms with Gasteiger partial charge in [0, 0.05) is 24.5 Å². The van der Waals surface area contributed by atoms with E-state index in [1.54, 1.807) is 11.9 Å². The Kier molecular flexibility index (Phi) is 2.67. The SMILES string of the molecule is CN1C(=O)C[C@@H](N)[C@H]1c1ccc(Cl)cc1. The number of hydrogen-bond donors (Lipinski definition) is 1. The molecule has 1 saturated heterocycles. The number of likely N-dealkylation sites (tertiary alicyclic amines) is 1. The number of hydrogen-bond acceptors (Lipinski definition) is 2. The van der Waals surface area contributed by atoms with E-state index >= 15 is 0 Å². The van der Waals surface area contributed by atoms with Gasteiger partial charge in [0.15, 0.2) is 0 Å². The molecule has 2 atom stereocenters. The molecule has 0 spiro atoms. The maximum atomic E-state index is 11.5. The van der Waals surface area contributed by atoms with Gasteiger partial charge in [0.2, 0.25) is 5.91 Å². The molecule has 0 radical (unpaired) electrons. The van der Waals surface area contributed by atoms with Crippen LogP contribution in [0.15, 0.2) is 24.3 Å². The van der Waals surface area contributed by atoms with Gasteiger partial charge in [0.25, 0.3) is 0 Å². The van der Waals surface area contributed by atoms with Crippen molar-refractivity contribution >= 4 is 17.5 Å². The Morgan fingerprint density at radius 2 is 2.00 bits per heavy atom. The van der Waals surface area contributed by atoms with Crippen molar-refractivity contribution in [3.8, 4) is 0 Å². The lowest BCUT2D eigenvalue weighted by molar-refractivity contribution is -0.127. The number of nitrogens with zero attached hydrogens (tertiary/aromatic N) is 1. The normalized spacial score (nSPS) is 26.1. The number of amides is 1. The fourth-order valence-corrected chi connectivity index (χ4v) is 2.16. The minimum Gasteiger partial charge on any atom is -0.337 e. The largest absolute Gasteiger partial charge is 0.337 e. The second kappa shape index (κ2) is 3.83. The molecule has 0 aliphatic carbocycles. The summed E-state index contributed by atoms with van der Waals surface area (Å²) in [5.41, 5.74) is 6.98. The summed E-state index contributed by atoms with van der Waals surface area (Å²) in [6.45, 7) is 0. The quantitative estimate of drug-likeness (QED) is 0.787. The first-order valence-corrected chi connectivity index (χ1v) is 5.24. The van der Waals surface area contributed by atoms with E-state index in [4.69, 9.17) is 17.3 Å². The van der Waals surface area contributed by atoms with Crippen molar-refractivity contribution in [2.45, 2.75) is 18.5 Å². The number of benzene rings is 1. The Morgan fingerprint density at radius 1 is 1.40 bits per heavy atom. The maximum absolute atomic E-state index is 11.5. The monoisotopic (exact) mass is 224 g/mol. The molecule has 0 unspecified atom stereocenters. The summed E-state index contributed by atoms with van der Waals surface area (Å²) in [6, 6.07) is 7.34. The van der Waals surface area contributed by atoms with Gasteiger partial charge in [-0.15, -0.1) is 0 Å².